The largest absolute Gasteiger partial charge is 0.435 e. The Labute approximate surface area is 149 Å². The Balaban J connectivity index is 1.62. The Morgan fingerprint density at radius 3 is 2.81 bits per heavy atom. The zero-order chi connectivity index (χ0) is 18.1. The lowest BCUT2D eigenvalue weighted by Crippen LogP contribution is -2.15. The highest BCUT2D eigenvalue weighted by Crippen LogP contribution is 2.43. The van der Waals surface area contributed by atoms with E-state index in [0.717, 1.165) is 29.1 Å². The first kappa shape index (κ1) is 15.7. The molecule has 0 amide bonds. The molecule has 4 aromatic heterocycles. The van der Waals surface area contributed by atoms with Crippen LogP contribution in [0.4, 0.5) is 13.2 Å². The Bertz CT molecular complexity index is 1120. The molecule has 5 rings (SSSR count). The van der Waals surface area contributed by atoms with E-state index in [-0.39, 0.29) is 5.92 Å². The van der Waals surface area contributed by atoms with Crippen LogP contribution in [0.25, 0.3) is 15.9 Å². The molecule has 134 valence electrons. The van der Waals surface area contributed by atoms with Crippen molar-refractivity contribution in [2.75, 3.05) is 0 Å². The number of rotatable bonds is 3. The second-order valence-corrected chi connectivity index (χ2v) is 7.36. The summed E-state index contributed by atoms with van der Waals surface area (Å²) in [6, 6.07) is 2.56. The summed E-state index contributed by atoms with van der Waals surface area (Å²) in [5.41, 5.74) is 0.383. The van der Waals surface area contributed by atoms with Crippen molar-refractivity contribution in [1.82, 2.24) is 29.4 Å². The van der Waals surface area contributed by atoms with Gasteiger partial charge in [-0.1, -0.05) is 0 Å². The summed E-state index contributed by atoms with van der Waals surface area (Å²) in [6.45, 7) is 1.77. The number of halogens is 3. The lowest BCUT2D eigenvalue weighted by atomic mass is 10.2. The third-order valence-electron chi connectivity index (χ3n) is 4.61. The molecule has 0 bridgehead atoms. The number of hydrogen-bond acceptors (Lipinski definition) is 5. The zero-order valence-electron chi connectivity index (χ0n) is 13.6. The van der Waals surface area contributed by atoms with E-state index in [9.17, 15) is 13.2 Å². The molecule has 0 radical (unpaired) electrons. The number of aromatic nitrogens is 6. The second kappa shape index (κ2) is 5.26. The van der Waals surface area contributed by atoms with Crippen molar-refractivity contribution in [2.45, 2.75) is 37.9 Å². The van der Waals surface area contributed by atoms with Crippen LogP contribution in [0.5, 0.6) is 0 Å². The Hall–Kier alpha value is -2.49. The Morgan fingerprint density at radius 1 is 1.27 bits per heavy atom. The number of hydrogen-bond donors (Lipinski definition) is 0. The van der Waals surface area contributed by atoms with Crippen LogP contribution >= 0.6 is 11.3 Å². The third kappa shape index (κ3) is 2.39. The molecule has 0 N–H and O–H groups in total. The predicted molar refractivity (Wildman–Crippen MR) is 89.2 cm³/mol. The highest BCUT2D eigenvalue weighted by molar-refractivity contribution is 7.16. The van der Waals surface area contributed by atoms with Gasteiger partial charge in [0.25, 0.3) is 0 Å². The van der Waals surface area contributed by atoms with Gasteiger partial charge < -0.3 is 0 Å². The lowest BCUT2D eigenvalue weighted by molar-refractivity contribution is -0.141. The van der Waals surface area contributed by atoms with Crippen LogP contribution in [0.1, 0.15) is 48.9 Å². The van der Waals surface area contributed by atoms with Crippen molar-refractivity contribution in [3.8, 4) is 0 Å². The summed E-state index contributed by atoms with van der Waals surface area (Å²) in [6.07, 6.45) is -1.13. The van der Waals surface area contributed by atoms with Gasteiger partial charge in [0.15, 0.2) is 17.2 Å². The molecule has 6 nitrogen and oxygen atoms in total. The molecule has 0 saturated heterocycles. The number of fused-ring (bicyclic) bond motifs is 3. The number of alkyl halides is 3. The van der Waals surface area contributed by atoms with Gasteiger partial charge in [-0.25, -0.2) is 14.5 Å². The van der Waals surface area contributed by atoms with E-state index < -0.39 is 17.9 Å². The summed E-state index contributed by atoms with van der Waals surface area (Å²) in [5, 5.41) is 11.0. The maximum Gasteiger partial charge on any atom is 0.435 e. The minimum atomic E-state index is -4.46. The first-order valence-corrected chi connectivity index (χ1v) is 9.05. The number of thiophene rings is 1. The van der Waals surface area contributed by atoms with Gasteiger partial charge >= 0.3 is 6.18 Å². The summed E-state index contributed by atoms with van der Waals surface area (Å²) < 4.78 is 42.3. The molecule has 0 aromatic carbocycles. The fraction of sp³-hybridized carbons (Fsp3) is 0.375. The van der Waals surface area contributed by atoms with Gasteiger partial charge in [-0.2, -0.15) is 18.3 Å². The highest BCUT2D eigenvalue weighted by Gasteiger charge is 2.39. The van der Waals surface area contributed by atoms with Crippen molar-refractivity contribution < 1.29 is 13.2 Å². The monoisotopic (exact) mass is 378 g/mol. The second-order valence-electron chi connectivity index (χ2n) is 6.47. The van der Waals surface area contributed by atoms with Crippen LogP contribution in [-0.4, -0.2) is 29.4 Å². The van der Waals surface area contributed by atoms with E-state index in [1.807, 2.05) is 11.4 Å². The minimum Gasteiger partial charge on any atom is -0.258 e. The highest BCUT2D eigenvalue weighted by atomic mass is 32.1. The molecule has 1 aliphatic rings. The van der Waals surface area contributed by atoms with E-state index in [1.165, 1.54) is 16.0 Å². The van der Waals surface area contributed by atoms with E-state index >= 15 is 0 Å². The summed E-state index contributed by atoms with van der Waals surface area (Å²) >= 11 is 1.50. The van der Waals surface area contributed by atoms with Crippen LogP contribution < -0.4 is 0 Å². The van der Waals surface area contributed by atoms with Gasteiger partial charge in [0, 0.05) is 11.6 Å². The maximum absolute atomic E-state index is 13.1. The Morgan fingerprint density at radius 2 is 2.08 bits per heavy atom. The fourth-order valence-electron chi connectivity index (χ4n) is 3.11. The standard InChI is InChI=1S/C16H13F3N6S/c1-8(25-11(9-2-3-9)6-12(22-25)16(17,18)19)13-21-14-10-4-5-26-15(10)20-7-24(14)23-13/h4-9H,2-3H2,1H3. The van der Waals surface area contributed by atoms with Crippen molar-refractivity contribution in [1.29, 1.82) is 0 Å². The van der Waals surface area contributed by atoms with Gasteiger partial charge in [-0.3, -0.25) is 4.68 Å². The molecule has 1 saturated carbocycles. The van der Waals surface area contributed by atoms with Crippen molar-refractivity contribution in [3.63, 3.8) is 0 Å². The number of nitrogens with zero attached hydrogens (tertiary/aromatic N) is 6. The molecule has 4 heterocycles. The third-order valence-corrected chi connectivity index (χ3v) is 5.43. The van der Waals surface area contributed by atoms with Crippen LogP contribution in [0.15, 0.2) is 23.8 Å². The molecule has 10 heteroatoms. The van der Waals surface area contributed by atoms with E-state index in [0.29, 0.717) is 17.2 Å². The average Bonchev–Trinajstić information content (AvgIpc) is 3.04. The molecule has 1 fully saturated rings. The topological polar surface area (TPSA) is 60.9 Å². The molecular weight excluding hydrogens is 365 g/mol. The molecule has 4 aromatic rings. The molecule has 1 unspecified atom stereocenters. The molecule has 1 aliphatic carbocycles. The van der Waals surface area contributed by atoms with Gasteiger partial charge in [0.1, 0.15) is 17.2 Å². The molecule has 26 heavy (non-hydrogen) atoms. The van der Waals surface area contributed by atoms with Gasteiger partial charge in [0.05, 0.1) is 5.39 Å². The average molecular weight is 378 g/mol. The predicted octanol–water partition coefficient (Wildman–Crippen LogP) is 4.04. The maximum atomic E-state index is 13.1. The van der Waals surface area contributed by atoms with Gasteiger partial charge in [-0.05, 0) is 37.3 Å². The molecule has 0 spiro atoms. The van der Waals surface area contributed by atoms with Crippen LogP contribution in [0.2, 0.25) is 0 Å². The van der Waals surface area contributed by atoms with Gasteiger partial charge in [0.2, 0.25) is 0 Å². The fourth-order valence-corrected chi connectivity index (χ4v) is 3.84. The van der Waals surface area contributed by atoms with Crippen molar-refractivity contribution >= 4 is 27.2 Å². The summed E-state index contributed by atoms with van der Waals surface area (Å²) in [7, 11) is 0. The molecule has 0 aliphatic heterocycles. The minimum absolute atomic E-state index is 0.128. The Kier molecular flexibility index (Phi) is 3.18. The van der Waals surface area contributed by atoms with E-state index in [4.69, 9.17) is 0 Å². The molecule has 1 atom stereocenters. The van der Waals surface area contributed by atoms with Gasteiger partial charge in [-0.15, -0.1) is 16.4 Å². The zero-order valence-corrected chi connectivity index (χ0v) is 14.4. The summed E-state index contributed by atoms with van der Waals surface area (Å²) in [5.74, 6) is 0.549. The SMILES string of the molecule is CC(c1nc2c3ccsc3ncn2n1)n1nc(C(F)(F)F)cc1C1CC1. The molecular formula is C16H13F3N6S. The van der Waals surface area contributed by atoms with Crippen LogP contribution in [-0.2, 0) is 6.18 Å². The quantitative estimate of drug-likeness (QED) is 0.540. The summed E-state index contributed by atoms with van der Waals surface area (Å²) in [4.78, 5) is 9.72. The smallest absolute Gasteiger partial charge is 0.258 e. The van der Waals surface area contributed by atoms with Crippen molar-refractivity contribution in [3.05, 3.63) is 41.1 Å². The first-order valence-electron chi connectivity index (χ1n) is 8.17. The normalized spacial score (nSPS) is 16.6. The van der Waals surface area contributed by atoms with Crippen LogP contribution in [0.3, 0.4) is 0 Å². The first-order chi connectivity index (χ1) is 12.4. The van der Waals surface area contributed by atoms with Crippen LogP contribution in [0, 0.1) is 0 Å². The van der Waals surface area contributed by atoms with E-state index in [2.05, 4.69) is 20.2 Å². The van der Waals surface area contributed by atoms with E-state index in [1.54, 1.807) is 17.8 Å². The lowest BCUT2D eigenvalue weighted by Gasteiger charge is -2.12. The van der Waals surface area contributed by atoms with Crippen molar-refractivity contribution in [2.24, 2.45) is 0 Å².